The maximum Gasteiger partial charge on any atom is 0.441 e. The van der Waals surface area contributed by atoms with Crippen molar-refractivity contribution in [3.05, 3.63) is 0 Å². The Morgan fingerprint density at radius 1 is 1.47 bits per heavy atom. The molecular formula is C8H13F3N2OS. The van der Waals surface area contributed by atoms with Gasteiger partial charge < -0.3 is 10.6 Å². The molecule has 0 radical (unpaired) electrons. The Kier molecular flexibility index (Phi) is 4.72. The van der Waals surface area contributed by atoms with Gasteiger partial charge in [-0.25, -0.2) is 0 Å². The molecule has 1 rings (SSSR count). The Labute approximate surface area is 90.2 Å². The Balaban J connectivity index is 1.97. The molecule has 1 aliphatic heterocycles. The zero-order valence-corrected chi connectivity index (χ0v) is 8.88. The van der Waals surface area contributed by atoms with E-state index in [0.29, 0.717) is 12.3 Å². The largest absolute Gasteiger partial charge is 0.441 e. The van der Waals surface area contributed by atoms with Gasteiger partial charge in [0.2, 0.25) is 5.91 Å². The van der Waals surface area contributed by atoms with Crippen LogP contribution < -0.4 is 10.6 Å². The van der Waals surface area contributed by atoms with Crippen LogP contribution in [0, 0.1) is 5.92 Å². The summed E-state index contributed by atoms with van der Waals surface area (Å²) < 4.78 is 35.1. The summed E-state index contributed by atoms with van der Waals surface area (Å²) in [6.45, 7) is 1.72. The van der Waals surface area contributed by atoms with Crippen LogP contribution in [0.25, 0.3) is 0 Å². The summed E-state index contributed by atoms with van der Waals surface area (Å²) in [4.78, 5) is 11.1. The number of thioether (sulfide) groups is 1. The molecule has 0 bridgehead atoms. The van der Waals surface area contributed by atoms with Gasteiger partial charge in [0.25, 0.3) is 0 Å². The summed E-state index contributed by atoms with van der Waals surface area (Å²) in [6, 6.07) is 0. The summed E-state index contributed by atoms with van der Waals surface area (Å²) in [5.74, 6) is 0.0579. The van der Waals surface area contributed by atoms with Crippen LogP contribution in [0.15, 0.2) is 0 Å². The lowest BCUT2D eigenvalue weighted by Crippen LogP contribution is -2.44. The average molecular weight is 242 g/mol. The molecule has 0 aromatic carbocycles. The van der Waals surface area contributed by atoms with E-state index >= 15 is 0 Å². The number of halogens is 3. The SMILES string of the molecule is O=C(CC1CNC1)NCCSC(F)(F)F. The number of alkyl halides is 3. The van der Waals surface area contributed by atoms with Gasteiger partial charge in [0, 0.05) is 18.7 Å². The van der Waals surface area contributed by atoms with E-state index in [9.17, 15) is 18.0 Å². The molecule has 1 amide bonds. The normalized spacial score (nSPS) is 17.3. The maximum absolute atomic E-state index is 11.7. The van der Waals surface area contributed by atoms with Crippen molar-refractivity contribution >= 4 is 17.7 Å². The number of hydrogen-bond acceptors (Lipinski definition) is 3. The fourth-order valence-electron chi connectivity index (χ4n) is 1.18. The van der Waals surface area contributed by atoms with Crippen molar-refractivity contribution in [1.82, 2.24) is 10.6 Å². The van der Waals surface area contributed by atoms with Crippen LogP contribution in [0.3, 0.4) is 0 Å². The van der Waals surface area contributed by atoms with Gasteiger partial charge in [-0.1, -0.05) is 0 Å². The number of amides is 1. The first-order valence-electron chi connectivity index (χ1n) is 4.65. The molecule has 0 atom stereocenters. The Morgan fingerprint density at radius 3 is 2.60 bits per heavy atom. The van der Waals surface area contributed by atoms with Gasteiger partial charge in [-0.15, -0.1) is 0 Å². The number of rotatable bonds is 5. The zero-order valence-electron chi connectivity index (χ0n) is 8.06. The van der Waals surface area contributed by atoms with Crippen LogP contribution in [0.5, 0.6) is 0 Å². The molecule has 0 saturated carbocycles. The maximum atomic E-state index is 11.7. The zero-order chi connectivity index (χ0) is 11.3. The van der Waals surface area contributed by atoms with Crippen molar-refractivity contribution < 1.29 is 18.0 Å². The second-order valence-electron chi connectivity index (χ2n) is 3.37. The minimum Gasteiger partial charge on any atom is -0.355 e. The van der Waals surface area contributed by atoms with E-state index in [-0.39, 0.29) is 30.0 Å². The first kappa shape index (κ1) is 12.6. The highest BCUT2D eigenvalue weighted by atomic mass is 32.2. The summed E-state index contributed by atoms with van der Waals surface area (Å²) in [5, 5.41) is 5.49. The average Bonchev–Trinajstić information content (AvgIpc) is 2.04. The van der Waals surface area contributed by atoms with Crippen LogP contribution >= 0.6 is 11.8 Å². The van der Waals surface area contributed by atoms with E-state index in [1.807, 2.05) is 0 Å². The monoisotopic (exact) mass is 242 g/mol. The lowest BCUT2D eigenvalue weighted by Gasteiger charge is -2.26. The molecule has 0 aromatic heterocycles. The molecular weight excluding hydrogens is 229 g/mol. The molecule has 88 valence electrons. The van der Waals surface area contributed by atoms with Crippen molar-refractivity contribution in [2.45, 2.75) is 11.9 Å². The predicted octanol–water partition coefficient (Wildman–Crippen LogP) is 0.965. The molecule has 3 nitrogen and oxygen atoms in total. The number of nitrogens with one attached hydrogen (secondary N) is 2. The first-order valence-corrected chi connectivity index (χ1v) is 5.64. The third-order valence-electron chi connectivity index (χ3n) is 2.03. The summed E-state index contributed by atoms with van der Waals surface area (Å²) >= 11 is -0.113. The van der Waals surface area contributed by atoms with Crippen molar-refractivity contribution in [3.8, 4) is 0 Å². The highest BCUT2D eigenvalue weighted by Crippen LogP contribution is 2.29. The van der Waals surface area contributed by atoms with E-state index in [2.05, 4.69) is 10.6 Å². The van der Waals surface area contributed by atoms with Gasteiger partial charge >= 0.3 is 5.51 Å². The predicted molar refractivity (Wildman–Crippen MR) is 52.5 cm³/mol. The fraction of sp³-hybridized carbons (Fsp3) is 0.875. The first-order chi connectivity index (χ1) is 6.97. The molecule has 1 fully saturated rings. The minimum atomic E-state index is -4.21. The lowest BCUT2D eigenvalue weighted by molar-refractivity contribution is -0.122. The molecule has 1 heterocycles. The van der Waals surface area contributed by atoms with E-state index in [1.165, 1.54) is 0 Å². The van der Waals surface area contributed by atoms with Gasteiger partial charge in [-0.05, 0) is 30.8 Å². The van der Waals surface area contributed by atoms with E-state index < -0.39 is 5.51 Å². The van der Waals surface area contributed by atoms with Crippen LogP contribution in [-0.2, 0) is 4.79 Å². The van der Waals surface area contributed by atoms with E-state index in [1.54, 1.807) is 0 Å². The molecule has 0 aromatic rings. The van der Waals surface area contributed by atoms with Gasteiger partial charge in [0.1, 0.15) is 0 Å². The second-order valence-corrected chi connectivity index (χ2v) is 4.53. The second kappa shape index (κ2) is 5.60. The van der Waals surface area contributed by atoms with Crippen LogP contribution in [0.1, 0.15) is 6.42 Å². The van der Waals surface area contributed by atoms with Crippen molar-refractivity contribution in [3.63, 3.8) is 0 Å². The van der Waals surface area contributed by atoms with Crippen LogP contribution in [0.4, 0.5) is 13.2 Å². The Bertz CT molecular complexity index is 218. The van der Waals surface area contributed by atoms with Gasteiger partial charge in [0.05, 0.1) is 0 Å². The lowest BCUT2D eigenvalue weighted by atomic mass is 9.99. The molecule has 15 heavy (non-hydrogen) atoms. The highest BCUT2D eigenvalue weighted by molar-refractivity contribution is 8.00. The van der Waals surface area contributed by atoms with E-state index in [4.69, 9.17) is 0 Å². The number of carbonyl (C=O) groups is 1. The van der Waals surface area contributed by atoms with Crippen LogP contribution in [-0.4, -0.2) is 36.8 Å². The topological polar surface area (TPSA) is 41.1 Å². The third kappa shape index (κ3) is 5.88. The standard InChI is InChI=1S/C8H13F3N2OS/c9-8(10,11)15-2-1-13-7(14)3-6-4-12-5-6/h6,12H,1-5H2,(H,13,14). The smallest absolute Gasteiger partial charge is 0.355 e. The Hall–Kier alpha value is -0.430. The molecule has 1 aliphatic rings. The van der Waals surface area contributed by atoms with E-state index in [0.717, 1.165) is 13.1 Å². The summed E-state index contributed by atoms with van der Waals surface area (Å²) in [7, 11) is 0. The molecule has 0 aliphatic carbocycles. The van der Waals surface area contributed by atoms with Gasteiger partial charge in [-0.3, -0.25) is 4.79 Å². The van der Waals surface area contributed by atoms with Crippen molar-refractivity contribution in [1.29, 1.82) is 0 Å². The summed E-state index contributed by atoms with van der Waals surface area (Å²) in [6.07, 6.45) is 0.406. The molecule has 2 N–H and O–H groups in total. The molecule has 1 saturated heterocycles. The van der Waals surface area contributed by atoms with Gasteiger partial charge in [0.15, 0.2) is 0 Å². The van der Waals surface area contributed by atoms with Gasteiger partial charge in [-0.2, -0.15) is 13.2 Å². The number of hydrogen-bond donors (Lipinski definition) is 2. The highest BCUT2D eigenvalue weighted by Gasteiger charge is 2.27. The van der Waals surface area contributed by atoms with Crippen molar-refractivity contribution in [2.75, 3.05) is 25.4 Å². The minimum absolute atomic E-state index is 0.0726. The third-order valence-corrected chi connectivity index (χ3v) is 2.77. The van der Waals surface area contributed by atoms with Crippen LogP contribution in [0.2, 0.25) is 0 Å². The number of carbonyl (C=O) groups excluding carboxylic acids is 1. The molecule has 0 spiro atoms. The Morgan fingerprint density at radius 2 is 2.13 bits per heavy atom. The fourth-order valence-corrected chi connectivity index (χ4v) is 1.62. The van der Waals surface area contributed by atoms with Crippen molar-refractivity contribution in [2.24, 2.45) is 5.92 Å². The summed E-state index contributed by atoms with van der Waals surface area (Å²) in [5.41, 5.74) is -4.21. The molecule has 7 heteroatoms. The molecule has 0 unspecified atom stereocenters. The quantitative estimate of drug-likeness (QED) is 0.706.